The van der Waals surface area contributed by atoms with Crippen LogP contribution in [0.4, 0.5) is 5.95 Å². The quantitative estimate of drug-likeness (QED) is 0.778. The summed E-state index contributed by atoms with van der Waals surface area (Å²) < 4.78 is 2.39. The van der Waals surface area contributed by atoms with E-state index in [1.54, 1.807) is 11.3 Å². The van der Waals surface area contributed by atoms with Gasteiger partial charge in [0.05, 0.1) is 6.42 Å². The van der Waals surface area contributed by atoms with Crippen molar-refractivity contribution in [2.24, 2.45) is 5.92 Å². The van der Waals surface area contributed by atoms with Crippen LogP contribution in [0.3, 0.4) is 0 Å². The van der Waals surface area contributed by atoms with E-state index in [0.29, 0.717) is 12.1 Å². The molecule has 0 radical (unpaired) electrons. The highest BCUT2D eigenvalue weighted by molar-refractivity contribution is 7.09. The van der Waals surface area contributed by atoms with Crippen LogP contribution in [0.2, 0.25) is 0 Å². The Balaban J connectivity index is 1.60. The number of thiazole rings is 1. The molecule has 0 aromatic carbocycles. The number of piperazine rings is 1. The second-order valence-electron chi connectivity index (χ2n) is 7.97. The molecule has 1 saturated carbocycles. The molecule has 4 rings (SSSR count). The Bertz CT molecular complexity index is 749. The first-order chi connectivity index (χ1) is 12.5. The minimum absolute atomic E-state index is 0.461. The number of anilines is 1. The highest BCUT2D eigenvalue weighted by atomic mass is 32.1. The summed E-state index contributed by atoms with van der Waals surface area (Å²) in [6.45, 7) is 13.2. The van der Waals surface area contributed by atoms with Crippen molar-refractivity contribution in [2.75, 3.05) is 24.5 Å². The fraction of sp³-hybridized carbons (Fsp3) is 0.737. The topological polar surface area (TPSA) is 50.1 Å². The zero-order chi connectivity index (χ0) is 18.3. The Labute approximate surface area is 160 Å². The van der Waals surface area contributed by atoms with Crippen LogP contribution in [0.1, 0.15) is 50.1 Å². The lowest BCUT2D eigenvalue weighted by molar-refractivity contribution is 0.173. The molecule has 2 aliphatic rings. The van der Waals surface area contributed by atoms with Crippen LogP contribution in [-0.4, -0.2) is 56.4 Å². The number of hydrogen-bond acceptors (Lipinski definition) is 6. The Kier molecular flexibility index (Phi) is 5.01. The van der Waals surface area contributed by atoms with E-state index in [4.69, 9.17) is 0 Å². The van der Waals surface area contributed by atoms with Gasteiger partial charge in [-0.05, 0) is 46.1 Å². The maximum Gasteiger partial charge on any atom is 0.227 e. The van der Waals surface area contributed by atoms with Crippen LogP contribution in [0, 0.1) is 12.8 Å². The number of rotatable bonds is 6. The van der Waals surface area contributed by atoms with Crippen molar-refractivity contribution in [1.82, 2.24) is 24.6 Å². The van der Waals surface area contributed by atoms with Crippen molar-refractivity contribution in [2.45, 2.75) is 65.6 Å². The second-order valence-corrected chi connectivity index (χ2v) is 8.91. The Morgan fingerprint density at radius 1 is 1.15 bits per heavy atom. The molecule has 1 aliphatic carbocycles. The third-order valence-electron chi connectivity index (χ3n) is 5.70. The molecule has 0 amide bonds. The molecule has 2 aromatic rings. The van der Waals surface area contributed by atoms with E-state index in [-0.39, 0.29) is 0 Å². The minimum Gasteiger partial charge on any atom is -0.335 e. The van der Waals surface area contributed by atoms with Gasteiger partial charge in [-0.3, -0.25) is 9.47 Å². The fourth-order valence-electron chi connectivity index (χ4n) is 3.95. The largest absolute Gasteiger partial charge is 0.335 e. The van der Waals surface area contributed by atoms with Gasteiger partial charge in [-0.2, -0.15) is 0 Å². The molecule has 7 heteroatoms. The monoisotopic (exact) mass is 374 g/mol. The van der Waals surface area contributed by atoms with Crippen LogP contribution in [0.5, 0.6) is 0 Å². The van der Waals surface area contributed by atoms with Gasteiger partial charge in [-0.1, -0.05) is 6.92 Å². The number of likely N-dealkylation sites (N-methyl/N-ethyl adjacent to an activating group) is 1. The van der Waals surface area contributed by atoms with Crippen molar-refractivity contribution in [3.05, 3.63) is 21.9 Å². The van der Waals surface area contributed by atoms with Gasteiger partial charge >= 0.3 is 0 Å². The predicted molar refractivity (Wildman–Crippen MR) is 106 cm³/mol. The molecule has 3 heterocycles. The molecule has 1 aliphatic heterocycles. The van der Waals surface area contributed by atoms with Gasteiger partial charge in [0.1, 0.15) is 10.8 Å². The molecule has 0 N–H and O–H groups in total. The second kappa shape index (κ2) is 7.27. The molecule has 6 nitrogen and oxygen atoms in total. The molecular weight excluding hydrogens is 344 g/mol. The molecule has 2 atom stereocenters. The average Bonchev–Trinajstić information content (AvgIpc) is 3.22. The van der Waals surface area contributed by atoms with E-state index in [0.717, 1.165) is 61.0 Å². The van der Waals surface area contributed by atoms with E-state index in [2.05, 4.69) is 62.6 Å². The van der Waals surface area contributed by atoms with E-state index in [9.17, 15) is 0 Å². The van der Waals surface area contributed by atoms with Crippen LogP contribution in [0.15, 0.2) is 5.38 Å². The van der Waals surface area contributed by atoms with E-state index in [1.165, 1.54) is 12.8 Å². The third kappa shape index (κ3) is 3.64. The van der Waals surface area contributed by atoms with Gasteiger partial charge in [0.25, 0.3) is 0 Å². The molecule has 0 bridgehead atoms. The first-order valence-electron chi connectivity index (χ1n) is 9.89. The summed E-state index contributed by atoms with van der Waals surface area (Å²) in [6, 6.07) is 1.01. The SMILES string of the molecule is CCN1CC(C)N(c2nnc(Cc3nc(C)cs3)n2CC2CC2)CC1C. The van der Waals surface area contributed by atoms with E-state index in [1.807, 2.05) is 0 Å². The summed E-state index contributed by atoms with van der Waals surface area (Å²) in [4.78, 5) is 9.66. The van der Waals surface area contributed by atoms with Crippen LogP contribution in [-0.2, 0) is 13.0 Å². The summed E-state index contributed by atoms with van der Waals surface area (Å²) in [5, 5.41) is 12.5. The average molecular weight is 375 g/mol. The molecular formula is C19H30N6S. The number of nitrogens with zero attached hydrogens (tertiary/aromatic N) is 6. The summed E-state index contributed by atoms with van der Waals surface area (Å²) in [7, 11) is 0. The van der Waals surface area contributed by atoms with Crippen LogP contribution < -0.4 is 4.90 Å². The highest BCUT2D eigenvalue weighted by Gasteiger charge is 2.33. The van der Waals surface area contributed by atoms with Crippen molar-refractivity contribution in [3.63, 3.8) is 0 Å². The first kappa shape index (κ1) is 17.9. The minimum atomic E-state index is 0.461. The molecule has 1 saturated heterocycles. The van der Waals surface area contributed by atoms with Gasteiger partial charge in [-0.25, -0.2) is 4.98 Å². The highest BCUT2D eigenvalue weighted by Crippen LogP contribution is 2.33. The molecule has 2 unspecified atom stereocenters. The van der Waals surface area contributed by atoms with Crippen molar-refractivity contribution in [3.8, 4) is 0 Å². The van der Waals surface area contributed by atoms with Crippen LogP contribution >= 0.6 is 11.3 Å². The molecule has 2 fully saturated rings. The van der Waals surface area contributed by atoms with Gasteiger partial charge in [0.15, 0.2) is 0 Å². The Hall–Kier alpha value is -1.47. The van der Waals surface area contributed by atoms with Gasteiger partial charge in [-0.15, -0.1) is 21.5 Å². The van der Waals surface area contributed by atoms with E-state index >= 15 is 0 Å². The molecule has 26 heavy (non-hydrogen) atoms. The zero-order valence-electron chi connectivity index (χ0n) is 16.4. The van der Waals surface area contributed by atoms with Crippen molar-refractivity contribution in [1.29, 1.82) is 0 Å². The van der Waals surface area contributed by atoms with Gasteiger partial charge in [0, 0.05) is 42.8 Å². The lowest BCUT2D eigenvalue weighted by atomic mass is 10.1. The maximum atomic E-state index is 4.66. The summed E-state index contributed by atoms with van der Waals surface area (Å²) in [5.74, 6) is 2.93. The molecule has 0 spiro atoms. The van der Waals surface area contributed by atoms with Gasteiger partial charge in [0.2, 0.25) is 5.95 Å². The molecule has 142 valence electrons. The lowest BCUT2D eigenvalue weighted by Crippen LogP contribution is -2.57. The normalized spacial score (nSPS) is 24.4. The van der Waals surface area contributed by atoms with Crippen molar-refractivity contribution < 1.29 is 0 Å². The predicted octanol–water partition coefficient (Wildman–Crippen LogP) is 2.96. The fourth-order valence-corrected chi connectivity index (χ4v) is 4.72. The number of hydrogen-bond donors (Lipinski definition) is 0. The zero-order valence-corrected chi connectivity index (χ0v) is 17.2. The van der Waals surface area contributed by atoms with E-state index < -0.39 is 0 Å². The number of aromatic nitrogens is 4. The Morgan fingerprint density at radius 3 is 2.62 bits per heavy atom. The summed E-state index contributed by atoms with van der Waals surface area (Å²) >= 11 is 1.72. The Morgan fingerprint density at radius 2 is 1.96 bits per heavy atom. The summed E-state index contributed by atoms with van der Waals surface area (Å²) in [6.07, 6.45) is 3.46. The standard InChI is InChI=1S/C19H30N6S/c1-5-23-9-15(4)24(10-14(23)3)19-22-21-17(25(19)11-16-6-7-16)8-18-20-13(2)12-26-18/h12,14-16H,5-11H2,1-4H3. The maximum absolute atomic E-state index is 4.66. The molecule has 2 aromatic heterocycles. The third-order valence-corrected chi connectivity index (χ3v) is 6.67. The smallest absolute Gasteiger partial charge is 0.227 e. The van der Waals surface area contributed by atoms with Crippen molar-refractivity contribution >= 4 is 17.3 Å². The number of aryl methyl sites for hydroxylation is 1. The summed E-state index contributed by atoms with van der Waals surface area (Å²) in [5.41, 5.74) is 1.09. The van der Waals surface area contributed by atoms with Gasteiger partial charge < -0.3 is 4.90 Å². The lowest BCUT2D eigenvalue weighted by Gasteiger charge is -2.44. The first-order valence-corrected chi connectivity index (χ1v) is 10.8. The van der Waals surface area contributed by atoms with Crippen LogP contribution in [0.25, 0.3) is 0 Å².